The molecule has 0 saturated heterocycles. The first kappa shape index (κ1) is 19.6. The molecule has 0 aliphatic rings. The van der Waals surface area contributed by atoms with Gasteiger partial charge in [-0.1, -0.05) is 24.3 Å². The van der Waals surface area contributed by atoms with Crippen molar-refractivity contribution in [2.45, 2.75) is 20.8 Å². The summed E-state index contributed by atoms with van der Waals surface area (Å²) in [4.78, 5) is 31.0. The number of esters is 1. The second-order valence-corrected chi connectivity index (χ2v) is 6.99. The number of carbonyl (C=O) groups is 1. The summed E-state index contributed by atoms with van der Waals surface area (Å²) < 4.78 is 12.3. The van der Waals surface area contributed by atoms with Crippen molar-refractivity contribution >= 4 is 27.6 Å². The molecule has 6 heteroatoms. The van der Waals surface area contributed by atoms with Crippen molar-refractivity contribution in [3.63, 3.8) is 0 Å². The van der Waals surface area contributed by atoms with Crippen molar-refractivity contribution in [3.8, 4) is 11.4 Å². The zero-order chi connectivity index (χ0) is 21.4. The van der Waals surface area contributed by atoms with Gasteiger partial charge in [-0.05, 0) is 39.0 Å². The Morgan fingerprint density at radius 3 is 2.53 bits per heavy atom. The molecule has 0 unspecified atom stereocenters. The first-order valence-electron chi connectivity index (χ1n) is 9.74. The molecule has 6 nitrogen and oxygen atoms in total. The van der Waals surface area contributed by atoms with Gasteiger partial charge in [-0.15, -0.1) is 0 Å². The van der Waals surface area contributed by atoms with Crippen molar-refractivity contribution < 1.29 is 14.3 Å². The van der Waals surface area contributed by atoms with Crippen molar-refractivity contribution in [1.29, 1.82) is 0 Å². The predicted molar refractivity (Wildman–Crippen MR) is 117 cm³/mol. The summed E-state index contributed by atoms with van der Waals surface area (Å²) in [5.74, 6) is 0.172. The predicted octanol–water partition coefficient (Wildman–Crippen LogP) is 4.34. The van der Waals surface area contributed by atoms with Crippen LogP contribution in [0.4, 0.5) is 0 Å². The smallest absolute Gasteiger partial charge is 0.340 e. The van der Waals surface area contributed by atoms with Crippen molar-refractivity contribution in [2.24, 2.45) is 0 Å². The first-order chi connectivity index (χ1) is 14.5. The standard InChI is InChI=1S/C24H22N2O4/c1-5-30-24(28)21-15(3)25-14(2)20-22(21)18-11-6-7-12-19(18)26(23(20)27)16-9-8-10-17(13-16)29-4/h6-13H,5H2,1-4H3. The van der Waals surface area contributed by atoms with E-state index in [1.165, 1.54) is 0 Å². The fraction of sp³-hybridized carbons (Fsp3) is 0.208. The summed E-state index contributed by atoms with van der Waals surface area (Å²) in [5.41, 5.74) is 2.58. The summed E-state index contributed by atoms with van der Waals surface area (Å²) in [6.45, 7) is 5.55. The van der Waals surface area contributed by atoms with Crippen LogP contribution in [0.1, 0.15) is 28.7 Å². The molecule has 0 amide bonds. The lowest BCUT2D eigenvalue weighted by molar-refractivity contribution is 0.0527. The topological polar surface area (TPSA) is 70.4 Å². The Bertz CT molecular complexity index is 1360. The summed E-state index contributed by atoms with van der Waals surface area (Å²) in [7, 11) is 1.59. The Labute approximate surface area is 173 Å². The van der Waals surface area contributed by atoms with Crippen LogP contribution in [0, 0.1) is 13.8 Å². The number of nitrogens with zero attached hydrogens (tertiary/aromatic N) is 2. The van der Waals surface area contributed by atoms with E-state index in [0.29, 0.717) is 44.7 Å². The summed E-state index contributed by atoms with van der Waals surface area (Å²) in [6, 6.07) is 14.9. The highest BCUT2D eigenvalue weighted by molar-refractivity contribution is 6.16. The maximum absolute atomic E-state index is 13.7. The molecule has 0 fully saturated rings. The summed E-state index contributed by atoms with van der Waals surface area (Å²) in [5, 5.41) is 1.77. The van der Waals surface area contributed by atoms with E-state index in [2.05, 4.69) is 4.98 Å². The van der Waals surface area contributed by atoms with Crippen LogP contribution in [0.2, 0.25) is 0 Å². The number of fused-ring (bicyclic) bond motifs is 3. The number of hydrogen-bond acceptors (Lipinski definition) is 5. The van der Waals surface area contributed by atoms with Crippen LogP contribution in [0.25, 0.3) is 27.4 Å². The van der Waals surface area contributed by atoms with Gasteiger partial charge in [-0.3, -0.25) is 14.3 Å². The molecule has 0 bridgehead atoms. The van der Waals surface area contributed by atoms with E-state index in [9.17, 15) is 9.59 Å². The van der Waals surface area contributed by atoms with E-state index >= 15 is 0 Å². The van der Waals surface area contributed by atoms with Crippen molar-refractivity contribution in [2.75, 3.05) is 13.7 Å². The number of para-hydroxylation sites is 1. The fourth-order valence-corrected chi connectivity index (χ4v) is 3.94. The van der Waals surface area contributed by atoms with E-state index in [4.69, 9.17) is 9.47 Å². The summed E-state index contributed by atoms with van der Waals surface area (Å²) in [6.07, 6.45) is 0. The number of benzene rings is 2. The van der Waals surface area contributed by atoms with Crippen LogP contribution in [-0.2, 0) is 4.74 Å². The number of carbonyl (C=O) groups excluding carboxylic acids is 1. The maximum atomic E-state index is 13.7. The lowest BCUT2D eigenvalue weighted by atomic mass is 9.98. The van der Waals surface area contributed by atoms with Gasteiger partial charge in [0.2, 0.25) is 0 Å². The van der Waals surface area contributed by atoms with Gasteiger partial charge in [-0.2, -0.15) is 0 Å². The Morgan fingerprint density at radius 1 is 1.03 bits per heavy atom. The minimum Gasteiger partial charge on any atom is -0.497 e. The van der Waals surface area contributed by atoms with Crippen LogP contribution in [0.3, 0.4) is 0 Å². The summed E-state index contributed by atoms with van der Waals surface area (Å²) >= 11 is 0. The highest BCUT2D eigenvalue weighted by Gasteiger charge is 2.23. The molecule has 2 heterocycles. The Hall–Kier alpha value is -3.67. The Morgan fingerprint density at radius 2 is 1.80 bits per heavy atom. The number of methoxy groups -OCH3 is 1. The van der Waals surface area contributed by atoms with Gasteiger partial charge in [0.05, 0.1) is 47.3 Å². The van der Waals surface area contributed by atoms with Gasteiger partial charge in [0.15, 0.2) is 0 Å². The Balaban J connectivity index is 2.24. The number of aromatic nitrogens is 2. The molecule has 0 spiro atoms. The minimum atomic E-state index is -0.476. The third-order valence-corrected chi connectivity index (χ3v) is 5.18. The van der Waals surface area contributed by atoms with Crippen LogP contribution in [0.15, 0.2) is 53.3 Å². The monoisotopic (exact) mass is 402 g/mol. The third kappa shape index (κ3) is 3.01. The van der Waals surface area contributed by atoms with Gasteiger partial charge in [0.1, 0.15) is 5.75 Å². The first-order valence-corrected chi connectivity index (χ1v) is 9.74. The number of rotatable bonds is 4. The molecule has 2 aromatic heterocycles. The minimum absolute atomic E-state index is 0.243. The highest BCUT2D eigenvalue weighted by Crippen LogP contribution is 2.31. The molecular weight excluding hydrogens is 380 g/mol. The third-order valence-electron chi connectivity index (χ3n) is 5.18. The van der Waals surface area contributed by atoms with Crippen molar-refractivity contribution in [3.05, 3.63) is 75.8 Å². The molecule has 30 heavy (non-hydrogen) atoms. The largest absolute Gasteiger partial charge is 0.497 e. The van der Waals surface area contributed by atoms with E-state index in [-0.39, 0.29) is 12.2 Å². The highest BCUT2D eigenvalue weighted by atomic mass is 16.5. The van der Waals surface area contributed by atoms with E-state index in [1.54, 1.807) is 32.4 Å². The van der Waals surface area contributed by atoms with E-state index in [1.807, 2.05) is 48.5 Å². The average Bonchev–Trinajstić information content (AvgIpc) is 2.73. The van der Waals surface area contributed by atoms with Crippen LogP contribution in [-0.4, -0.2) is 29.2 Å². The molecule has 2 aromatic carbocycles. The zero-order valence-corrected chi connectivity index (χ0v) is 17.4. The second-order valence-electron chi connectivity index (χ2n) is 6.99. The quantitative estimate of drug-likeness (QED) is 0.375. The lowest BCUT2D eigenvalue weighted by Gasteiger charge is -2.17. The zero-order valence-electron chi connectivity index (χ0n) is 17.4. The normalized spacial score (nSPS) is 11.1. The van der Waals surface area contributed by atoms with E-state index < -0.39 is 5.97 Å². The number of ether oxygens (including phenoxy) is 2. The Kier molecular flexibility index (Phi) is 4.99. The van der Waals surface area contributed by atoms with Crippen molar-refractivity contribution in [1.82, 2.24) is 9.55 Å². The van der Waals surface area contributed by atoms with Crippen LogP contribution in [0.5, 0.6) is 5.75 Å². The molecule has 0 aliphatic heterocycles. The lowest BCUT2D eigenvalue weighted by Crippen LogP contribution is -2.22. The number of pyridine rings is 2. The van der Waals surface area contributed by atoms with Gasteiger partial charge >= 0.3 is 5.97 Å². The maximum Gasteiger partial charge on any atom is 0.340 e. The molecule has 4 rings (SSSR count). The van der Waals surface area contributed by atoms with E-state index in [0.717, 1.165) is 5.39 Å². The van der Waals surface area contributed by atoms with Crippen LogP contribution >= 0.6 is 0 Å². The molecular formula is C24H22N2O4. The fourth-order valence-electron chi connectivity index (χ4n) is 3.94. The molecule has 0 saturated carbocycles. The van der Waals surface area contributed by atoms with Gasteiger partial charge in [-0.25, -0.2) is 4.79 Å². The van der Waals surface area contributed by atoms with Gasteiger partial charge < -0.3 is 9.47 Å². The number of hydrogen-bond donors (Lipinski definition) is 0. The molecule has 4 aromatic rings. The SMILES string of the molecule is CCOC(=O)c1c(C)nc(C)c2c(=O)n(-c3cccc(OC)c3)c3ccccc3c12. The molecule has 0 atom stereocenters. The average molecular weight is 402 g/mol. The number of aryl methyl sites for hydroxylation is 2. The molecule has 0 aliphatic carbocycles. The second kappa shape index (κ2) is 7.63. The van der Waals surface area contributed by atoms with Gasteiger partial charge in [0, 0.05) is 16.8 Å². The van der Waals surface area contributed by atoms with Crippen LogP contribution < -0.4 is 10.3 Å². The molecule has 152 valence electrons. The van der Waals surface area contributed by atoms with Gasteiger partial charge in [0.25, 0.3) is 5.56 Å². The molecule has 0 N–H and O–H groups in total. The molecule has 0 radical (unpaired) electrons.